The van der Waals surface area contributed by atoms with Crippen molar-refractivity contribution in [1.29, 1.82) is 5.26 Å². The summed E-state index contributed by atoms with van der Waals surface area (Å²) in [7, 11) is 0. The van der Waals surface area contributed by atoms with E-state index in [1.807, 2.05) is 23.5 Å². The Bertz CT molecular complexity index is 1660. The predicted octanol–water partition coefficient (Wildman–Crippen LogP) is 7.61. The molecular formula is C33H28N2O2S. The fraction of sp³-hybridized carbons (Fsp3) is 0.303. The third kappa shape index (κ3) is 2.64. The van der Waals surface area contributed by atoms with Crippen molar-refractivity contribution in [2.45, 2.75) is 37.5 Å². The molecule has 188 valence electrons. The highest BCUT2D eigenvalue weighted by Crippen LogP contribution is 2.71. The number of nitriles is 1. The van der Waals surface area contributed by atoms with Crippen LogP contribution in [-0.4, -0.2) is 14.8 Å². The third-order valence-electron chi connectivity index (χ3n) is 10.0. The van der Waals surface area contributed by atoms with Gasteiger partial charge in [0.25, 0.3) is 0 Å². The quantitative estimate of drug-likeness (QED) is 0.288. The minimum Gasteiger partial charge on any atom is -0.494 e. The smallest absolute Gasteiger partial charge is 0.207 e. The summed E-state index contributed by atoms with van der Waals surface area (Å²) < 4.78 is 1.50. The first-order valence-electron chi connectivity index (χ1n) is 13.6. The van der Waals surface area contributed by atoms with E-state index in [1.54, 1.807) is 18.2 Å². The maximum atomic E-state index is 12.1. The number of rotatable bonds is 2. The summed E-state index contributed by atoms with van der Waals surface area (Å²) in [4.78, 5) is 2.51. The van der Waals surface area contributed by atoms with Crippen LogP contribution in [-0.2, 0) is 5.41 Å². The number of nitrogens with zero attached hydrogens (tertiary/aromatic N) is 2. The molecule has 1 spiro atoms. The number of aromatic nitrogens is 1. The molecule has 2 N–H and O–H groups in total. The molecule has 4 nitrogen and oxygen atoms in total. The highest BCUT2D eigenvalue weighted by molar-refractivity contribution is 7.16. The fourth-order valence-corrected chi connectivity index (χ4v) is 10.4. The lowest BCUT2D eigenvalue weighted by Gasteiger charge is -2.62. The van der Waals surface area contributed by atoms with Crippen molar-refractivity contribution in [2.75, 3.05) is 0 Å². The zero-order chi connectivity index (χ0) is 25.8. The van der Waals surface area contributed by atoms with E-state index < -0.39 is 0 Å². The van der Waals surface area contributed by atoms with Crippen LogP contribution in [0.4, 0.5) is 0 Å². The zero-order valence-corrected chi connectivity index (χ0v) is 21.8. The number of thiophene rings is 1. The molecule has 0 aliphatic heterocycles. The number of benzene rings is 2. The number of hydrogen-bond acceptors (Lipinski definition) is 4. The van der Waals surface area contributed by atoms with E-state index in [0.29, 0.717) is 28.7 Å². The fourth-order valence-electron chi connectivity index (χ4n) is 8.84. The van der Waals surface area contributed by atoms with Gasteiger partial charge in [0.2, 0.25) is 11.8 Å². The average molecular weight is 517 g/mol. The van der Waals surface area contributed by atoms with Crippen molar-refractivity contribution < 1.29 is 10.2 Å². The molecule has 2 heterocycles. The van der Waals surface area contributed by atoms with Gasteiger partial charge < -0.3 is 10.2 Å². The summed E-state index contributed by atoms with van der Waals surface area (Å²) in [6.45, 7) is 4.51. The van der Waals surface area contributed by atoms with E-state index in [1.165, 1.54) is 26.3 Å². The maximum absolute atomic E-state index is 12.1. The second-order valence-electron chi connectivity index (χ2n) is 11.7. The standard InChI is InChI=1S/C33H28N2O2S/c1-18-25-16-27(21-7-3-2-4-8-21)38-30(25)33(23-12-19-11-20(14-23)15-24(33)13-19)29-28(18)31(36)35(32(29)37)26-10-6-5-9-22(26)17-34/h2-10,16,19-20,23-24,36-37H,1,11-15H2. The second-order valence-corrected chi connectivity index (χ2v) is 12.8. The number of aromatic hydroxyl groups is 2. The van der Waals surface area contributed by atoms with Gasteiger partial charge in [0, 0.05) is 20.7 Å². The van der Waals surface area contributed by atoms with Crippen LogP contribution in [0.5, 0.6) is 11.8 Å². The summed E-state index contributed by atoms with van der Waals surface area (Å²) in [6.07, 6.45) is 5.99. The van der Waals surface area contributed by atoms with Gasteiger partial charge in [-0.25, -0.2) is 4.57 Å². The van der Waals surface area contributed by atoms with Crippen LogP contribution in [0.15, 0.2) is 67.2 Å². The van der Waals surface area contributed by atoms with Gasteiger partial charge in [-0.2, -0.15) is 5.26 Å². The van der Waals surface area contributed by atoms with E-state index in [2.05, 4.69) is 43.0 Å². The van der Waals surface area contributed by atoms with Crippen LogP contribution >= 0.6 is 11.3 Å². The molecule has 4 saturated carbocycles. The number of para-hydroxylation sites is 1. The lowest BCUT2D eigenvalue weighted by molar-refractivity contribution is -0.0417. The Morgan fingerprint density at radius 2 is 1.55 bits per heavy atom. The first-order valence-corrected chi connectivity index (χ1v) is 14.4. The van der Waals surface area contributed by atoms with Gasteiger partial charge in [-0.15, -0.1) is 11.3 Å². The van der Waals surface area contributed by atoms with E-state index in [0.717, 1.165) is 54.2 Å². The summed E-state index contributed by atoms with van der Waals surface area (Å²) in [6, 6.07) is 22.1. The monoisotopic (exact) mass is 516 g/mol. The molecule has 5 aliphatic carbocycles. The zero-order valence-electron chi connectivity index (χ0n) is 21.0. The Kier molecular flexibility index (Phi) is 4.48. The van der Waals surface area contributed by atoms with Crippen molar-refractivity contribution in [3.8, 4) is 34.0 Å². The van der Waals surface area contributed by atoms with Gasteiger partial charge >= 0.3 is 0 Å². The molecule has 5 aliphatic rings. The molecule has 2 aromatic carbocycles. The van der Waals surface area contributed by atoms with Crippen molar-refractivity contribution in [3.05, 3.63) is 94.4 Å². The highest BCUT2D eigenvalue weighted by Gasteiger charge is 2.63. The van der Waals surface area contributed by atoms with Crippen LogP contribution in [0.2, 0.25) is 0 Å². The van der Waals surface area contributed by atoms with Gasteiger partial charge in [-0.3, -0.25) is 0 Å². The molecule has 0 unspecified atom stereocenters. The molecule has 38 heavy (non-hydrogen) atoms. The molecule has 0 radical (unpaired) electrons. The first kappa shape index (κ1) is 22.3. The Morgan fingerprint density at radius 1 is 0.895 bits per heavy atom. The van der Waals surface area contributed by atoms with E-state index in [9.17, 15) is 15.5 Å². The van der Waals surface area contributed by atoms with Crippen molar-refractivity contribution >= 4 is 16.9 Å². The van der Waals surface area contributed by atoms with E-state index in [-0.39, 0.29) is 17.2 Å². The minimum absolute atomic E-state index is 0.0171. The average Bonchev–Trinajstić information content (AvgIpc) is 3.49. The van der Waals surface area contributed by atoms with Crippen molar-refractivity contribution in [1.82, 2.24) is 4.57 Å². The van der Waals surface area contributed by atoms with Crippen molar-refractivity contribution in [3.63, 3.8) is 0 Å². The van der Waals surface area contributed by atoms with Crippen LogP contribution in [0.3, 0.4) is 0 Å². The van der Waals surface area contributed by atoms with Crippen LogP contribution in [0.1, 0.15) is 59.2 Å². The summed E-state index contributed by atoms with van der Waals surface area (Å²) in [5.74, 6) is 2.39. The maximum Gasteiger partial charge on any atom is 0.207 e. The second kappa shape index (κ2) is 7.65. The lowest BCUT2D eigenvalue weighted by atomic mass is 9.42. The molecule has 4 fully saturated rings. The molecule has 4 bridgehead atoms. The van der Waals surface area contributed by atoms with E-state index in [4.69, 9.17) is 0 Å². The van der Waals surface area contributed by atoms with Gasteiger partial charge in [0.15, 0.2) is 0 Å². The van der Waals surface area contributed by atoms with Crippen LogP contribution < -0.4 is 0 Å². The first-order chi connectivity index (χ1) is 18.5. The molecule has 5 heteroatoms. The van der Waals surface area contributed by atoms with Gasteiger partial charge in [-0.05, 0) is 90.7 Å². The molecule has 9 rings (SSSR count). The highest BCUT2D eigenvalue weighted by atomic mass is 32.1. The SMILES string of the molecule is C=C1c2cc(-c3ccccc3)sc2C2(c3c1c(O)n(-c1ccccc1C#N)c3O)C1CC3CC(C1)CC2C3. The topological polar surface area (TPSA) is 69.2 Å². The summed E-state index contributed by atoms with van der Waals surface area (Å²) in [5, 5.41) is 33.8. The minimum atomic E-state index is -0.356. The van der Waals surface area contributed by atoms with Crippen molar-refractivity contribution in [2.24, 2.45) is 23.7 Å². The molecule has 0 saturated heterocycles. The third-order valence-corrected chi connectivity index (χ3v) is 11.4. The Balaban J connectivity index is 1.45. The normalized spacial score (nSPS) is 28.3. The van der Waals surface area contributed by atoms with Crippen LogP contribution in [0.25, 0.3) is 21.7 Å². The molecule has 0 amide bonds. The van der Waals surface area contributed by atoms with Gasteiger partial charge in [0.05, 0.1) is 16.8 Å². The Hall–Kier alpha value is -3.75. The molecule has 0 atom stereocenters. The van der Waals surface area contributed by atoms with E-state index >= 15 is 0 Å². The number of fused-ring (bicyclic) bond motifs is 2. The summed E-state index contributed by atoms with van der Waals surface area (Å²) >= 11 is 1.85. The lowest BCUT2D eigenvalue weighted by Crippen LogP contribution is -2.56. The molecule has 2 aromatic heterocycles. The molecular weight excluding hydrogens is 488 g/mol. The Labute approximate surface area is 226 Å². The predicted molar refractivity (Wildman–Crippen MR) is 150 cm³/mol. The Morgan fingerprint density at radius 3 is 2.24 bits per heavy atom. The number of hydrogen-bond donors (Lipinski definition) is 2. The summed E-state index contributed by atoms with van der Waals surface area (Å²) in [5.41, 5.74) is 5.11. The largest absolute Gasteiger partial charge is 0.494 e. The van der Waals surface area contributed by atoms with Gasteiger partial charge in [-0.1, -0.05) is 49.0 Å². The molecule has 4 aromatic rings. The van der Waals surface area contributed by atoms with Crippen LogP contribution in [0, 0.1) is 35.0 Å². The van der Waals surface area contributed by atoms with Gasteiger partial charge in [0.1, 0.15) is 6.07 Å².